The van der Waals surface area contributed by atoms with E-state index in [1.807, 2.05) is 20.8 Å². The zero-order valence-corrected chi connectivity index (χ0v) is 25.2. The number of methoxy groups -OCH3 is 1. The second-order valence-corrected chi connectivity index (χ2v) is 9.29. The Labute approximate surface area is 244 Å². The first-order chi connectivity index (χ1) is 19.5. The molecule has 2 aliphatic heterocycles. The number of ether oxygens (including phenoxy) is 3. The molecule has 0 unspecified atom stereocenters. The molecule has 2 aromatic carbocycles. The number of carbonyl (C=O) groups excluding carboxylic acids is 1. The van der Waals surface area contributed by atoms with E-state index in [0.29, 0.717) is 51.9 Å². The number of nitrogens with zero attached hydrogens (tertiary/aromatic N) is 2. The van der Waals surface area contributed by atoms with Crippen molar-refractivity contribution >= 4 is 23.3 Å². The monoisotopic (exact) mass is 592 g/mol. The lowest BCUT2D eigenvalue weighted by molar-refractivity contribution is -0.140. The molecule has 0 bridgehead atoms. The van der Waals surface area contributed by atoms with Crippen LogP contribution in [0.3, 0.4) is 0 Å². The van der Waals surface area contributed by atoms with Crippen molar-refractivity contribution < 1.29 is 32.2 Å². The van der Waals surface area contributed by atoms with Crippen molar-refractivity contribution in [3.05, 3.63) is 80.7 Å². The molecule has 0 aliphatic carbocycles. The highest BCUT2D eigenvalue weighted by Crippen LogP contribution is 2.49. The average molecular weight is 593 g/mol. The van der Waals surface area contributed by atoms with Crippen LogP contribution in [0, 0.1) is 11.3 Å². The van der Waals surface area contributed by atoms with Crippen LogP contribution >= 0.6 is 11.6 Å². The maximum absolute atomic E-state index is 14.3. The van der Waals surface area contributed by atoms with Crippen LogP contribution < -0.4 is 9.64 Å². The lowest BCUT2D eigenvalue weighted by Crippen LogP contribution is -2.36. The Bertz CT molecular complexity index is 1350. The lowest BCUT2D eigenvalue weighted by Gasteiger charge is -2.37. The Morgan fingerprint density at radius 3 is 2.39 bits per heavy atom. The van der Waals surface area contributed by atoms with Crippen molar-refractivity contribution in [1.82, 2.24) is 0 Å². The Morgan fingerprint density at radius 2 is 1.88 bits per heavy atom. The molecule has 41 heavy (non-hydrogen) atoms. The number of rotatable bonds is 4. The number of anilines is 1. The van der Waals surface area contributed by atoms with Crippen molar-refractivity contribution in [2.75, 3.05) is 25.2 Å². The van der Waals surface area contributed by atoms with Crippen LogP contribution in [0.1, 0.15) is 77.2 Å². The molecule has 4 rings (SSSR count). The van der Waals surface area contributed by atoms with Crippen LogP contribution in [0.25, 0.3) is 0 Å². The minimum absolute atomic E-state index is 0.0369. The number of nitriles is 1. The zero-order valence-electron chi connectivity index (χ0n) is 24.4. The van der Waals surface area contributed by atoms with E-state index in [-0.39, 0.29) is 24.6 Å². The van der Waals surface area contributed by atoms with Gasteiger partial charge in [-0.05, 0) is 62.1 Å². The lowest BCUT2D eigenvalue weighted by atomic mass is 9.92. The van der Waals surface area contributed by atoms with Gasteiger partial charge in [-0.15, -0.1) is 0 Å². The number of fused-ring (bicyclic) bond motifs is 3. The number of esters is 1. The standard InChI is InChI=1S/C25H22ClF3N2O2.C4H8O2.C2H6/c1-4-16-10-14(2)24(25(27,28)29)31-19-9-8-15(12-30)11-18(19)23(33-13-20(16)31)17-6-5-7-21(32-3)22(17)26;1-3-6-4(2)5;1-2/h5-9,11,23H,4,10,13H2,1-3H3;3H2,1-2H3;1-2H3/t23-;;/m1../s1. The van der Waals surface area contributed by atoms with Gasteiger partial charge in [0.25, 0.3) is 0 Å². The first-order valence-electron chi connectivity index (χ1n) is 13.4. The van der Waals surface area contributed by atoms with Crippen LogP contribution in [-0.4, -0.2) is 32.5 Å². The van der Waals surface area contributed by atoms with Crippen LogP contribution in [-0.2, 0) is 14.3 Å². The van der Waals surface area contributed by atoms with Gasteiger partial charge in [-0.1, -0.05) is 44.5 Å². The summed E-state index contributed by atoms with van der Waals surface area (Å²) in [6, 6.07) is 11.9. The molecule has 2 heterocycles. The quantitative estimate of drug-likeness (QED) is 0.331. The van der Waals surface area contributed by atoms with Crippen molar-refractivity contribution in [2.24, 2.45) is 0 Å². The smallest absolute Gasteiger partial charge is 0.431 e. The molecule has 0 saturated carbocycles. The molecule has 0 amide bonds. The molecule has 0 fully saturated rings. The number of alkyl halides is 3. The third-order valence-corrected chi connectivity index (χ3v) is 6.79. The average Bonchev–Trinajstić information content (AvgIpc) is 3.10. The summed E-state index contributed by atoms with van der Waals surface area (Å²) >= 11 is 6.58. The molecular weight excluding hydrogens is 557 g/mol. The van der Waals surface area contributed by atoms with E-state index < -0.39 is 18.0 Å². The summed E-state index contributed by atoms with van der Waals surface area (Å²) in [4.78, 5) is 11.1. The maximum atomic E-state index is 14.3. The first-order valence-corrected chi connectivity index (χ1v) is 13.7. The molecule has 222 valence electrons. The molecule has 6 nitrogen and oxygen atoms in total. The Kier molecular flexibility index (Phi) is 12.3. The van der Waals surface area contributed by atoms with Gasteiger partial charge in [0.1, 0.15) is 17.6 Å². The van der Waals surface area contributed by atoms with E-state index in [4.69, 9.17) is 21.1 Å². The summed E-state index contributed by atoms with van der Waals surface area (Å²) in [5.41, 5.74) is 2.53. The summed E-state index contributed by atoms with van der Waals surface area (Å²) in [5.74, 6) is 0.218. The minimum Gasteiger partial charge on any atom is -0.495 e. The molecule has 2 aromatic rings. The van der Waals surface area contributed by atoms with Gasteiger partial charge in [0.15, 0.2) is 0 Å². The highest BCUT2D eigenvalue weighted by Gasteiger charge is 2.45. The highest BCUT2D eigenvalue weighted by molar-refractivity contribution is 6.33. The molecule has 0 radical (unpaired) electrons. The van der Waals surface area contributed by atoms with Gasteiger partial charge in [0.05, 0.1) is 42.7 Å². The van der Waals surface area contributed by atoms with Crippen LogP contribution in [0.2, 0.25) is 5.02 Å². The van der Waals surface area contributed by atoms with E-state index in [1.165, 1.54) is 31.9 Å². The fourth-order valence-electron chi connectivity index (χ4n) is 4.76. The molecule has 0 spiro atoms. The van der Waals surface area contributed by atoms with E-state index in [1.54, 1.807) is 37.3 Å². The summed E-state index contributed by atoms with van der Waals surface area (Å²) in [6.45, 7) is 11.1. The summed E-state index contributed by atoms with van der Waals surface area (Å²) in [6.07, 6.45) is -4.53. The van der Waals surface area contributed by atoms with Crippen LogP contribution in [0.5, 0.6) is 5.75 Å². The number of hydrogen-bond donors (Lipinski definition) is 0. The van der Waals surface area contributed by atoms with Gasteiger partial charge in [0, 0.05) is 23.7 Å². The number of halogens is 4. The molecule has 2 aliphatic rings. The summed E-state index contributed by atoms with van der Waals surface area (Å²) in [5, 5.41) is 9.80. The largest absolute Gasteiger partial charge is 0.495 e. The molecule has 10 heteroatoms. The van der Waals surface area contributed by atoms with Gasteiger partial charge in [0.2, 0.25) is 0 Å². The fourth-order valence-corrected chi connectivity index (χ4v) is 5.06. The predicted molar refractivity (Wildman–Crippen MR) is 154 cm³/mol. The van der Waals surface area contributed by atoms with Crippen LogP contribution in [0.15, 0.2) is 58.9 Å². The third-order valence-electron chi connectivity index (χ3n) is 6.39. The first kappa shape index (κ1) is 33.7. The Morgan fingerprint density at radius 1 is 1.20 bits per heavy atom. The normalized spacial score (nSPS) is 16.1. The second kappa shape index (κ2) is 14.9. The second-order valence-electron chi connectivity index (χ2n) is 8.91. The number of hydrogen-bond acceptors (Lipinski definition) is 6. The zero-order chi connectivity index (χ0) is 30.9. The number of benzene rings is 2. The van der Waals surface area contributed by atoms with E-state index in [2.05, 4.69) is 10.8 Å². The van der Waals surface area contributed by atoms with Crippen LogP contribution in [0.4, 0.5) is 18.9 Å². The maximum Gasteiger partial charge on any atom is 0.431 e. The molecular formula is C31H36ClF3N2O4. The summed E-state index contributed by atoms with van der Waals surface area (Å²) < 4.78 is 58.9. The highest BCUT2D eigenvalue weighted by atomic mass is 35.5. The molecule has 0 aromatic heterocycles. The Hall–Kier alpha value is -3.48. The minimum atomic E-state index is -4.56. The van der Waals surface area contributed by atoms with Crippen molar-refractivity contribution in [3.8, 4) is 11.8 Å². The third kappa shape index (κ3) is 7.63. The Balaban J connectivity index is 0.000000654. The SMILES string of the molecule is CC.CCC1=C2CO[C@H](c3cccc(OC)c3Cl)c3cc(C#N)ccc3N2C(C(F)(F)F)=C(C)C1.CCOC(C)=O. The van der Waals surface area contributed by atoms with Gasteiger partial charge < -0.3 is 19.1 Å². The molecule has 0 saturated heterocycles. The van der Waals surface area contributed by atoms with Gasteiger partial charge in [-0.3, -0.25) is 4.79 Å². The van der Waals surface area contributed by atoms with Crippen molar-refractivity contribution in [1.29, 1.82) is 5.26 Å². The number of carbonyl (C=O) groups is 1. The number of allylic oxidation sites excluding steroid dienone is 3. The van der Waals surface area contributed by atoms with Gasteiger partial charge in [-0.2, -0.15) is 18.4 Å². The van der Waals surface area contributed by atoms with E-state index >= 15 is 0 Å². The van der Waals surface area contributed by atoms with Crippen molar-refractivity contribution in [3.63, 3.8) is 0 Å². The molecule has 0 N–H and O–H groups in total. The van der Waals surface area contributed by atoms with E-state index in [9.17, 15) is 23.2 Å². The summed E-state index contributed by atoms with van der Waals surface area (Å²) in [7, 11) is 1.49. The van der Waals surface area contributed by atoms with Crippen molar-refractivity contribution in [2.45, 2.75) is 66.7 Å². The van der Waals surface area contributed by atoms with E-state index in [0.717, 1.165) is 5.57 Å². The predicted octanol–water partition coefficient (Wildman–Crippen LogP) is 8.65. The van der Waals surface area contributed by atoms with Gasteiger partial charge >= 0.3 is 12.1 Å². The van der Waals surface area contributed by atoms with Gasteiger partial charge in [-0.25, -0.2) is 0 Å². The molecule has 1 atom stereocenters. The topological polar surface area (TPSA) is 71.8 Å². The fraction of sp³-hybridized carbons (Fsp3) is 0.419.